The lowest BCUT2D eigenvalue weighted by Gasteiger charge is -2.25. The number of aliphatic hydroxyl groups excluding tert-OH is 2. The molecule has 2 saturated carbocycles. The van der Waals surface area contributed by atoms with E-state index in [9.17, 15) is 10.2 Å². The molecule has 23 heavy (non-hydrogen) atoms. The highest BCUT2D eigenvalue weighted by Crippen LogP contribution is 2.18. The van der Waals surface area contributed by atoms with Crippen LogP contribution in [-0.4, -0.2) is 59.1 Å². The Kier molecular flexibility index (Phi) is 9.92. The third-order valence-electron chi connectivity index (χ3n) is 5.12. The van der Waals surface area contributed by atoms with E-state index < -0.39 is 0 Å². The van der Waals surface area contributed by atoms with E-state index in [1.54, 1.807) is 11.8 Å². The van der Waals surface area contributed by atoms with Crippen molar-refractivity contribution in [1.82, 2.24) is 10.6 Å². The maximum Gasteiger partial charge on any atom is 0.0754 e. The molecule has 0 unspecified atom stereocenters. The molecular formula is C18H36N2O2S. The standard InChI is InChI=1S/C18H36N2O2S/c21-17(11-19-15-7-3-1-4-8-15)13-23-14-18(22)12-20-16-9-5-2-6-10-16/h15-22H,1-14H2/t17-,18+. The first-order chi connectivity index (χ1) is 11.2. The quantitative estimate of drug-likeness (QED) is 0.490. The minimum absolute atomic E-state index is 0.305. The molecule has 5 heteroatoms. The van der Waals surface area contributed by atoms with Gasteiger partial charge in [0, 0.05) is 36.7 Å². The summed E-state index contributed by atoms with van der Waals surface area (Å²) in [7, 11) is 0. The molecule has 0 aromatic rings. The maximum atomic E-state index is 10.0. The van der Waals surface area contributed by atoms with Gasteiger partial charge in [0.05, 0.1) is 12.2 Å². The van der Waals surface area contributed by atoms with Crippen molar-refractivity contribution in [2.45, 2.75) is 88.5 Å². The van der Waals surface area contributed by atoms with Crippen LogP contribution in [0.3, 0.4) is 0 Å². The zero-order chi connectivity index (χ0) is 16.3. The van der Waals surface area contributed by atoms with Gasteiger partial charge >= 0.3 is 0 Å². The molecule has 2 fully saturated rings. The molecule has 0 heterocycles. The zero-order valence-electron chi connectivity index (χ0n) is 14.5. The summed E-state index contributed by atoms with van der Waals surface area (Å²) >= 11 is 1.66. The smallest absolute Gasteiger partial charge is 0.0754 e. The van der Waals surface area contributed by atoms with Crippen LogP contribution in [0, 0.1) is 0 Å². The zero-order valence-corrected chi connectivity index (χ0v) is 15.3. The number of thioether (sulfide) groups is 1. The second-order valence-corrected chi connectivity index (χ2v) is 8.41. The van der Waals surface area contributed by atoms with Crippen molar-refractivity contribution in [3.63, 3.8) is 0 Å². The number of hydrogen-bond donors (Lipinski definition) is 4. The van der Waals surface area contributed by atoms with Crippen molar-refractivity contribution in [1.29, 1.82) is 0 Å². The molecule has 0 aromatic heterocycles. The van der Waals surface area contributed by atoms with E-state index in [4.69, 9.17) is 0 Å². The predicted molar refractivity (Wildman–Crippen MR) is 99.1 cm³/mol. The molecule has 0 aromatic carbocycles. The van der Waals surface area contributed by atoms with Gasteiger partial charge in [0.15, 0.2) is 0 Å². The molecule has 4 nitrogen and oxygen atoms in total. The average Bonchev–Trinajstić information content (AvgIpc) is 2.60. The van der Waals surface area contributed by atoms with Crippen LogP contribution >= 0.6 is 11.8 Å². The topological polar surface area (TPSA) is 64.5 Å². The molecule has 4 N–H and O–H groups in total. The Hall–Kier alpha value is 0.190. The van der Waals surface area contributed by atoms with Crippen LogP contribution in [0.5, 0.6) is 0 Å². The van der Waals surface area contributed by atoms with Crippen LogP contribution < -0.4 is 10.6 Å². The van der Waals surface area contributed by atoms with E-state index in [0.29, 0.717) is 36.7 Å². The van der Waals surface area contributed by atoms with Gasteiger partial charge in [-0.05, 0) is 25.7 Å². The number of rotatable bonds is 10. The van der Waals surface area contributed by atoms with Gasteiger partial charge in [0.25, 0.3) is 0 Å². The fourth-order valence-corrected chi connectivity index (χ4v) is 4.59. The molecule has 0 amide bonds. The van der Waals surface area contributed by atoms with E-state index in [-0.39, 0.29) is 12.2 Å². The van der Waals surface area contributed by atoms with Gasteiger partial charge in [-0.1, -0.05) is 38.5 Å². The highest BCUT2D eigenvalue weighted by atomic mass is 32.2. The Balaban J connectivity index is 1.44. The first kappa shape index (κ1) is 19.5. The largest absolute Gasteiger partial charge is 0.391 e. The fourth-order valence-electron chi connectivity index (χ4n) is 3.68. The van der Waals surface area contributed by atoms with Crippen LogP contribution in [0.2, 0.25) is 0 Å². The number of aliphatic hydroxyl groups is 2. The maximum absolute atomic E-state index is 10.0. The Labute approximate surface area is 146 Å². The molecule has 0 radical (unpaired) electrons. The lowest BCUT2D eigenvalue weighted by Crippen LogP contribution is -2.39. The third kappa shape index (κ3) is 8.73. The van der Waals surface area contributed by atoms with Gasteiger partial charge in [-0.25, -0.2) is 0 Å². The summed E-state index contributed by atoms with van der Waals surface area (Å²) in [4.78, 5) is 0. The summed E-state index contributed by atoms with van der Waals surface area (Å²) in [6, 6.07) is 1.21. The predicted octanol–water partition coefficient (Wildman–Crippen LogP) is 2.29. The summed E-state index contributed by atoms with van der Waals surface area (Å²) in [6.07, 6.45) is 12.4. The highest BCUT2D eigenvalue weighted by molar-refractivity contribution is 7.99. The molecule has 0 spiro atoms. The summed E-state index contributed by atoms with van der Waals surface area (Å²) in [5.74, 6) is 1.42. The normalized spacial score (nSPS) is 23.7. The summed E-state index contributed by atoms with van der Waals surface area (Å²) in [5.41, 5.74) is 0. The molecule has 2 atom stereocenters. The van der Waals surface area contributed by atoms with Gasteiger partial charge in [-0.3, -0.25) is 0 Å². The van der Waals surface area contributed by atoms with Gasteiger partial charge in [0.2, 0.25) is 0 Å². The van der Waals surface area contributed by atoms with Crippen molar-refractivity contribution >= 4 is 11.8 Å². The Bertz CT molecular complexity index is 267. The van der Waals surface area contributed by atoms with E-state index >= 15 is 0 Å². The van der Waals surface area contributed by atoms with Crippen LogP contribution in [0.15, 0.2) is 0 Å². The molecule has 2 aliphatic rings. The van der Waals surface area contributed by atoms with E-state index in [2.05, 4.69) is 10.6 Å². The lowest BCUT2D eigenvalue weighted by molar-refractivity contribution is 0.181. The summed E-state index contributed by atoms with van der Waals surface area (Å²) < 4.78 is 0. The molecular weight excluding hydrogens is 308 g/mol. The summed E-state index contributed by atoms with van der Waals surface area (Å²) in [6.45, 7) is 1.38. The third-order valence-corrected chi connectivity index (χ3v) is 6.36. The van der Waals surface area contributed by atoms with Crippen molar-refractivity contribution in [3.05, 3.63) is 0 Å². The molecule has 2 rings (SSSR count). The molecule has 136 valence electrons. The SMILES string of the molecule is O[C@H](CNC1CCCCC1)CSC[C@@H](O)CNC1CCCCC1. The van der Waals surface area contributed by atoms with Crippen molar-refractivity contribution < 1.29 is 10.2 Å². The highest BCUT2D eigenvalue weighted by Gasteiger charge is 2.16. The van der Waals surface area contributed by atoms with Gasteiger partial charge in [-0.2, -0.15) is 11.8 Å². The second kappa shape index (κ2) is 11.7. The van der Waals surface area contributed by atoms with Crippen molar-refractivity contribution in [3.8, 4) is 0 Å². The second-order valence-electron chi connectivity index (χ2n) is 7.33. The Morgan fingerprint density at radius 2 is 1.09 bits per heavy atom. The molecule has 0 saturated heterocycles. The number of hydrogen-bond acceptors (Lipinski definition) is 5. The van der Waals surface area contributed by atoms with Crippen LogP contribution in [0.1, 0.15) is 64.2 Å². The minimum Gasteiger partial charge on any atom is -0.391 e. The van der Waals surface area contributed by atoms with Gasteiger partial charge in [-0.15, -0.1) is 0 Å². The Morgan fingerprint density at radius 3 is 1.48 bits per heavy atom. The van der Waals surface area contributed by atoms with Gasteiger partial charge < -0.3 is 20.8 Å². The monoisotopic (exact) mass is 344 g/mol. The van der Waals surface area contributed by atoms with Crippen LogP contribution in [0.25, 0.3) is 0 Å². The summed E-state index contributed by atoms with van der Waals surface area (Å²) in [5, 5.41) is 27.1. The Morgan fingerprint density at radius 1 is 0.696 bits per heavy atom. The van der Waals surface area contributed by atoms with Crippen LogP contribution in [0.4, 0.5) is 0 Å². The average molecular weight is 345 g/mol. The fraction of sp³-hybridized carbons (Fsp3) is 1.00. The van der Waals surface area contributed by atoms with Crippen molar-refractivity contribution in [2.75, 3.05) is 24.6 Å². The molecule has 0 bridgehead atoms. The minimum atomic E-state index is -0.305. The van der Waals surface area contributed by atoms with Crippen LogP contribution in [-0.2, 0) is 0 Å². The lowest BCUT2D eigenvalue weighted by atomic mass is 9.95. The first-order valence-electron chi connectivity index (χ1n) is 9.64. The first-order valence-corrected chi connectivity index (χ1v) is 10.8. The molecule has 0 aliphatic heterocycles. The number of nitrogens with one attached hydrogen (secondary N) is 2. The molecule has 2 aliphatic carbocycles. The van der Waals surface area contributed by atoms with E-state index in [1.165, 1.54) is 64.2 Å². The van der Waals surface area contributed by atoms with E-state index in [0.717, 1.165) is 0 Å². The van der Waals surface area contributed by atoms with Crippen molar-refractivity contribution in [2.24, 2.45) is 0 Å². The van der Waals surface area contributed by atoms with E-state index in [1.807, 2.05) is 0 Å². The van der Waals surface area contributed by atoms with Gasteiger partial charge in [0.1, 0.15) is 0 Å².